The molecule has 0 heterocycles. The molecule has 0 radical (unpaired) electrons. The monoisotopic (exact) mass is 489 g/mol. The average molecular weight is 490 g/mol. The number of carbonyl (C=O) groups excluding carboxylic acids is 3. The Hall–Kier alpha value is -2.69. The van der Waals surface area contributed by atoms with Crippen LogP contribution in [0, 0.1) is 17.3 Å². The Bertz CT molecular complexity index is 1160. The van der Waals surface area contributed by atoms with Crippen LogP contribution in [-0.2, 0) is 19.1 Å². The van der Waals surface area contributed by atoms with E-state index in [1.54, 1.807) is 0 Å². The topological polar surface area (TPSA) is 63.7 Å². The van der Waals surface area contributed by atoms with E-state index in [1.807, 2.05) is 27.1 Å². The van der Waals surface area contributed by atoms with E-state index in [1.165, 1.54) is 29.2 Å². The highest BCUT2D eigenvalue weighted by molar-refractivity contribution is 5.93. The quantitative estimate of drug-likeness (QED) is 0.480. The molecule has 0 saturated heterocycles. The molecular formula is C31H39NO4. The summed E-state index contributed by atoms with van der Waals surface area (Å²) in [5.41, 5.74) is 5.01. The maximum absolute atomic E-state index is 13.6. The van der Waals surface area contributed by atoms with Gasteiger partial charge in [0.2, 0.25) is 0 Å². The first-order chi connectivity index (χ1) is 17.1. The minimum Gasteiger partial charge on any atom is -0.451 e. The lowest BCUT2D eigenvalue weighted by molar-refractivity contribution is -0.183. The Morgan fingerprint density at radius 2 is 1.81 bits per heavy atom. The molecule has 5 nitrogen and oxygen atoms in total. The third-order valence-corrected chi connectivity index (χ3v) is 9.76. The van der Waals surface area contributed by atoms with Gasteiger partial charge in [-0.05, 0) is 85.3 Å². The van der Waals surface area contributed by atoms with Gasteiger partial charge in [-0.2, -0.15) is 0 Å². The van der Waals surface area contributed by atoms with Crippen molar-refractivity contribution in [3.8, 4) is 0 Å². The molecule has 0 aliphatic heterocycles. The maximum atomic E-state index is 13.6. The number of nitrogens with zero attached hydrogens (tertiary/aromatic N) is 1. The number of ketones is 2. The van der Waals surface area contributed by atoms with E-state index in [9.17, 15) is 14.4 Å². The number of Topliss-reactive ketones (excluding diaryl/α,β-unsaturated/α-hetero) is 1. The highest BCUT2D eigenvalue weighted by Crippen LogP contribution is 2.68. The molecule has 2 saturated carbocycles. The Morgan fingerprint density at radius 1 is 1.08 bits per heavy atom. The minimum atomic E-state index is -1.06. The van der Waals surface area contributed by atoms with Crippen molar-refractivity contribution in [1.29, 1.82) is 0 Å². The first kappa shape index (κ1) is 25.0. The van der Waals surface area contributed by atoms with Gasteiger partial charge >= 0.3 is 5.97 Å². The van der Waals surface area contributed by atoms with E-state index in [0.29, 0.717) is 25.2 Å². The van der Waals surface area contributed by atoms with Crippen LogP contribution in [0.15, 0.2) is 47.1 Å². The number of ether oxygens (including phenoxy) is 1. The summed E-state index contributed by atoms with van der Waals surface area (Å²) in [5, 5.41) is 0. The normalized spacial score (nSPS) is 33.3. The summed E-state index contributed by atoms with van der Waals surface area (Å²) >= 11 is 0. The molecule has 0 spiro atoms. The lowest BCUT2D eigenvalue weighted by atomic mass is 9.50. The summed E-state index contributed by atoms with van der Waals surface area (Å²) in [6.07, 6.45) is 7.82. The van der Waals surface area contributed by atoms with Gasteiger partial charge in [0.1, 0.15) is 0 Å². The van der Waals surface area contributed by atoms with Gasteiger partial charge in [0.25, 0.3) is 0 Å². The highest BCUT2D eigenvalue weighted by atomic mass is 16.6. The van der Waals surface area contributed by atoms with Crippen molar-refractivity contribution < 1.29 is 19.1 Å². The number of carbonyl (C=O) groups is 3. The van der Waals surface area contributed by atoms with Crippen LogP contribution in [-0.4, -0.2) is 37.2 Å². The summed E-state index contributed by atoms with van der Waals surface area (Å²) in [7, 11) is 4.09. The zero-order chi connectivity index (χ0) is 25.8. The second kappa shape index (κ2) is 9.00. The second-order valence-electron chi connectivity index (χ2n) is 11.7. The fourth-order valence-corrected chi connectivity index (χ4v) is 8.17. The van der Waals surface area contributed by atoms with Crippen LogP contribution in [0.2, 0.25) is 0 Å². The second-order valence-corrected chi connectivity index (χ2v) is 11.7. The van der Waals surface area contributed by atoms with E-state index < -0.39 is 11.0 Å². The van der Waals surface area contributed by atoms with Gasteiger partial charge < -0.3 is 9.64 Å². The van der Waals surface area contributed by atoms with Gasteiger partial charge in [-0.1, -0.05) is 31.6 Å². The van der Waals surface area contributed by atoms with Crippen LogP contribution in [0.4, 0.5) is 5.69 Å². The SMILES string of the molecule is CCC(=O)[C@]1(OC(C)=O)CCC2C3CCC4=CC(=O)CCC4=C3C(c3ccc(N(C)C)cc3)C[C@@]21C. The molecule has 0 N–H and O–H groups in total. The number of anilines is 1. The first-order valence-corrected chi connectivity index (χ1v) is 13.6. The summed E-state index contributed by atoms with van der Waals surface area (Å²) in [6, 6.07) is 8.78. The summed E-state index contributed by atoms with van der Waals surface area (Å²) in [4.78, 5) is 40.3. The molecule has 0 aromatic heterocycles. The van der Waals surface area contributed by atoms with Crippen LogP contribution in [0.25, 0.3) is 0 Å². The molecule has 3 unspecified atom stereocenters. The molecule has 5 rings (SSSR count). The van der Waals surface area contributed by atoms with Crippen LogP contribution in [0.5, 0.6) is 0 Å². The molecule has 2 fully saturated rings. The smallest absolute Gasteiger partial charge is 0.303 e. The molecule has 192 valence electrons. The van der Waals surface area contributed by atoms with Gasteiger partial charge in [0.15, 0.2) is 17.2 Å². The Balaban J connectivity index is 1.69. The molecule has 5 heteroatoms. The van der Waals surface area contributed by atoms with Crippen molar-refractivity contribution in [3.63, 3.8) is 0 Å². The van der Waals surface area contributed by atoms with Gasteiger partial charge in [0, 0.05) is 50.9 Å². The molecule has 4 aliphatic rings. The largest absolute Gasteiger partial charge is 0.451 e. The zero-order valence-corrected chi connectivity index (χ0v) is 22.4. The van der Waals surface area contributed by atoms with E-state index >= 15 is 0 Å². The lowest BCUT2D eigenvalue weighted by Gasteiger charge is -2.55. The molecule has 4 aliphatic carbocycles. The molecule has 0 amide bonds. The van der Waals surface area contributed by atoms with Crippen molar-refractivity contribution in [2.45, 2.75) is 83.7 Å². The van der Waals surface area contributed by atoms with Gasteiger partial charge in [-0.3, -0.25) is 14.4 Å². The van der Waals surface area contributed by atoms with Crippen molar-refractivity contribution in [3.05, 3.63) is 52.6 Å². The molecule has 1 aromatic rings. The predicted octanol–water partition coefficient (Wildman–Crippen LogP) is 5.93. The zero-order valence-electron chi connectivity index (χ0n) is 22.4. The maximum Gasteiger partial charge on any atom is 0.303 e. The van der Waals surface area contributed by atoms with E-state index in [2.05, 4.69) is 36.1 Å². The first-order valence-electron chi connectivity index (χ1n) is 13.6. The molecule has 1 aromatic carbocycles. The van der Waals surface area contributed by atoms with Crippen molar-refractivity contribution in [2.75, 3.05) is 19.0 Å². The van der Waals surface area contributed by atoms with Crippen LogP contribution in [0.3, 0.4) is 0 Å². The van der Waals surface area contributed by atoms with Gasteiger partial charge in [-0.25, -0.2) is 0 Å². The molecule has 0 bridgehead atoms. The lowest BCUT2D eigenvalue weighted by Crippen LogP contribution is -2.57. The third-order valence-electron chi connectivity index (χ3n) is 9.76. The fourth-order valence-electron chi connectivity index (χ4n) is 8.17. The van der Waals surface area contributed by atoms with E-state index in [4.69, 9.17) is 4.74 Å². The van der Waals surface area contributed by atoms with Gasteiger partial charge in [-0.15, -0.1) is 0 Å². The van der Waals surface area contributed by atoms with Crippen LogP contribution < -0.4 is 4.90 Å². The summed E-state index contributed by atoms with van der Waals surface area (Å²) in [5.74, 6) is 0.686. The Morgan fingerprint density at radius 3 is 2.44 bits per heavy atom. The van der Waals surface area contributed by atoms with Crippen molar-refractivity contribution >= 4 is 23.2 Å². The third kappa shape index (κ3) is 3.69. The number of allylic oxidation sites excluding steroid dienone is 4. The Labute approximate surface area is 215 Å². The standard InChI is InChI=1S/C31H39NO4/c1-6-28(35)31(36-19(2)33)16-15-27-25-13-9-21-17-23(34)12-14-24(21)29(25)26(18-30(27,31)3)20-7-10-22(11-8-20)32(4)5/h7-8,10-11,17,25-27H,6,9,12-16,18H2,1-5H3/t25?,26?,27?,30-,31+/m0/s1. The number of esters is 1. The van der Waals surface area contributed by atoms with Crippen molar-refractivity contribution in [1.82, 2.24) is 0 Å². The van der Waals surface area contributed by atoms with Crippen LogP contribution >= 0.6 is 0 Å². The molecule has 5 atom stereocenters. The summed E-state index contributed by atoms with van der Waals surface area (Å²) in [6.45, 7) is 5.54. The van der Waals surface area contributed by atoms with E-state index in [0.717, 1.165) is 37.8 Å². The fraction of sp³-hybridized carbons (Fsp3) is 0.581. The van der Waals surface area contributed by atoms with Crippen LogP contribution in [0.1, 0.15) is 83.6 Å². The number of rotatable bonds is 5. The predicted molar refractivity (Wildman–Crippen MR) is 141 cm³/mol. The average Bonchev–Trinajstić information content (AvgIpc) is 3.14. The number of hydrogen-bond acceptors (Lipinski definition) is 5. The highest BCUT2D eigenvalue weighted by Gasteiger charge is 2.67. The number of fused-ring (bicyclic) bond motifs is 4. The number of benzene rings is 1. The summed E-state index contributed by atoms with van der Waals surface area (Å²) < 4.78 is 6.09. The minimum absolute atomic E-state index is 0.0557. The van der Waals surface area contributed by atoms with E-state index in [-0.39, 0.29) is 29.4 Å². The number of hydrogen-bond donors (Lipinski definition) is 0. The molecule has 36 heavy (non-hydrogen) atoms. The molecular weight excluding hydrogens is 450 g/mol. The van der Waals surface area contributed by atoms with Gasteiger partial charge in [0.05, 0.1) is 0 Å². The van der Waals surface area contributed by atoms with Crippen molar-refractivity contribution in [2.24, 2.45) is 17.3 Å². The Kier molecular flexibility index (Phi) is 6.25.